The highest BCUT2D eigenvalue weighted by Gasteiger charge is 2.52. The highest BCUT2D eigenvalue weighted by Crippen LogP contribution is 2.38. The smallest absolute Gasteiger partial charge is 0.359 e. The molecule has 0 aliphatic carbocycles. The van der Waals surface area contributed by atoms with Crippen LogP contribution in [0.1, 0.15) is 44.1 Å². The van der Waals surface area contributed by atoms with E-state index in [0.29, 0.717) is 36.2 Å². The molecule has 4 aromatic rings. The van der Waals surface area contributed by atoms with Crippen molar-refractivity contribution in [2.24, 2.45) is 0 Å². The van der Waals surface area contributed by atoms with Gasteiger partial charge in [0.1, 0.15) is 11.4 Å². The Morgan fingerprint density at radius 3 is 2.12 bits per heavy atom. The number of carbonyl (C=O) groups excluding carboxylic acids is 1. The molecule has 1 saturated heterocycles. The minimum atomic E-state index is -2.86. The molecule has 0 amide bonds. The third-order valence-corrected chi connectivity index (χ3v) is 12.6. The number of methoxy groups -OCH3 is 1. The summed E-state index contributed by atoms with van der Waals surface area (Å²) >= 11 is 0. The Bertz CT molecular complexity index is 1480. The van der Waals surface area contributed by atoms with Crippen LogP contribution in [-0.4, -0.2) is 50.6 Å². The topological polar surface area (TPSA) is 109 Å². The molecule has 3 aromatic carbocycles. The quantitative estimate of drug-likeness (QED) is 0.220. The van der Waals surface area contributed by atoms with Gasteiger partial charge in [-0.25, -0.2) is 14.8 Å². The Kier molecular flexibility index (Phi) is 8.60. The lowest BCUT2D eigenvalue weighted by atomic mass is 10.1. The molecule has 42 heavy (non-hydrogen) atoms. The van der Waals surface area contributed by atoms with Gasteiger partial charge in [0.25, 0.3) is 0 Å². The van der Waals surface area contributed by atoms with Crippen molar-refractivity contribution < 1.29 is 18.7 Å². The Balaban J connectivity index is 1.60. The van der Waals surface area contributed by atoms with Gasteiger partial charge in [0.15, 0.2) is 17.3 Å². The Morgan fingerprint density at radius 2 is 1.55 bits per heavy atom. The van der Waals surface area contributed by atoms with Crippen molar-refractivity contribution in [3.63, 3.8) is 0 Å². The minimum absolute atomic E-state index is 0.0235. The molecule has 0 radical (unpaired) electrons. The van der Waals surface area contributed by atoms with E-state index in [9.17, 15) is 4.79 Å². The predicted octanol–water partition coefficient (Wildman–Crippen LogP) is 5.04. The summed E-state index contributed by atoms with van der Waals surface area (Å²) in [6.45, 7) is 8.02. The molecule has 0 unspecified atom stereocenters. The molecular formula is C33H38N4O4Si. The van der Waals surface area contributed by atoms with E-state index in [2.05, 4.69) is 79.6 Å². The van der Waals surface area contributed by atoms with Gasteiger partial charge in [-0.2, -0.15) is 0 Å². The van der Waals surface area contributed by atoms with E-state index >= 15 is 0 Å². The van der Waals surface area contributed by atoms with E-state index in [1.807, 2.05) is 36.4 Å². The molecule has 0 saturated carbocycles. The third-order valence-electron chi connectivity index (χ3n) is 7.67. The number of nitrogens with one attached hydrogen (secondary N) is 1. The molecule has 9 heteroatoms. The minimum Gasteiger partial charge on any atom is -0.534 e. The highest BCUT2D eigenvalue weighted by molar-refractivity contribution is 7.00. The molecule has 3 N–H and O–H groups in total. The van der Waals surface area contributed by atoms with Gasteiger partial charge in [-0.1, -0.05) is 93.6 Å². The lowest BCUT2D eigenvalue weighted by molar-refractivity contribution is 0.0595. The van der Waals surface area contributed by atoms with Crippen molar-refractivity contribution >= 4 is 36.2 Å². The molecule has 8 nitrogen and oxygen atoms in total. The Morgan fingerprint density at radius 1 is 0.929 bits per heavy atom. The molecule has 1 aliphatic heterocycles. The van der Waals surface area contributed by atoms with Gasteiger partial charge < -0.3 is 25.0 Å². The van der Waals surface area contributed by atoms with Crippen LogP contribution in [0.4, 0.5) is 11.5 Å². The summed E-state index contributed by atoms with van der Waals surface area (Å²) in [4.78, 5) is 22.0. The molecule has 218 valence electrons. The van der Waals surface area contributed by atoms with Crippen LogP contribution in [0.3, 0.4) is 0 Å². The normalized spacial score (nSPS) is 14.3. The number of ether oxygens (including phenoxy) is 2. The van der Waals surface area contributed by atoms with E-state index in [-0.39, 0.29) is 22.5 Å². The number of nitrogens with two attached hydrogens (primary N) is 1. The summed E-state index contributed by atoms with van der Waals surface area (Å²) in [6, 6.07) is 28.8. The standard InChI is InChI=1S/C33H38N4O4Si/c1-33(2,3)42(26-14-7-5-8-15-26,27-16-9-6-10-17-27)41-25-13-11-12-23(22-25)30-36-29(32(38)39-4)28(34)31(37-30)35-24-18-20-40-21-19-24/h5-17,22,24H,18-21,34H2,1-4H3,(H,35,36,37). The number of carbonyl (C=O) groups is 1. The van der Waals surface area contributed by atoms with Crippen LogP contribution in [-0.2, 0) is 9.47 Å². The third kappa shape index (κ3) is 5.88. The second-order valence-electron chi connectivity index (χ2n) is 11.5. The number of benzene rings is 3. The molecular weight excluding hydrogens is 544 g/mol. The van der Waals surface area contributed by atoms with Crippen LogP contribution >= 0.6 is 0 Å². The predicted molar refractivity (Wildman–Crippen MR) is 169 cm³/mol. The van der Waals surface area contributed by atoms with Crippen molar-refractivity contribution in [1.82, 2.24) is 9.97 Å². The zero-order valence-electron chi connectivity index (χ0n) is 24.6. The molecule has 5 rings (SSSR count). The largest absolute Gasteiger partial charge is 0.534 e. The average Bonchev–Trinajstić information content (AvgIpc) is 3.01. The first-order chi connectivity index (χ1) is 20.2. The fourth-order valence-corrected chi connectivity index (χ4v) is 9.93. The van der Waals surface area contributed by atoms with Crippen LogP contribution in [0.5, 0.6) is 5.75 Å². The molecule has 0 bridgehead atoms. The van der Waals surface area contributed by atoms with E-state index in [0.717, 1.165) is 12.8 Å². The summed E-state index contributed by atoms with van der Waals surface area (Å²) in [5.41, 5.74) is 7.26. The van der Waals surface area contributed by atoms with Gasteiger partial charge in [0, 0.05) is 24.8 Å². The van der Waals surface area contributed by atoms with Crippen molar-refractivity contribution in [1.29, 1.82) is 0 Å². The summed E-state index contributed by atoms with van der Waals surface area (Å²) in [7, 11) is -1.54. The van der Waals surface area contributed by atoms with E-state index in [4.69, 9.17) is 24.6 Å². The number of hydrogen-bond acceptors (Lipinski definition) is 8. The zero-order chi connectivity index (χ0) is 29.7. The number of nitrogens with zero attached hydrogens (tertiary/aromatic N) is 2. The van der Waals surface area contributed by atoms with Gasteiger partial charge in [0.05, 0.1) is 7.11 Å². The maximum atomic E-state index is 12.7. The molecule has 0 spiro atoms. The fraction of sp³-hybridized carbons (Fsp3) is 0.303. The van der Waals surface area contributed by atoms with Crippen LogP contribution in [0, 0.1) is 0 Å². The first-order valence-electron chi connectivity index (χ1n) is 14.2. The summed E-state index contributed by atoms with van der Waals surface area (Å²) in [5, 5.41) is 5.55. The van der Waals surface area contributed by atoms with Crippen LogP contribution in [0.15, 0.2) is 84.9 Å². The lowest BCUT2D eigenvalue weighted by Crippen LogP contribution is -2.68. The summed E-state index contributed by atoms with van der Waals surface area (Å²) in [6.07, 6.45) is 1.63. The van der Waals surface area contributed by atoms with Gasteiger partial charge >= 0.3 is 14.3 Å². The molecule has 2 heterocycles. The van der Waals surface area contributed by atoms with Gasteiger partial charge in [-0.3, -0.25) is 0 Å². The second-order valence-corrected chi connectivity index (χ2v) is 15.7. The number of rotatable bonds is 8. The SMILES string of the molecule is COC(=O)c1nc(-c2cccc(O[Si](c3ccccc3)(c3ccccc3)C(C)(C)C)c2)nc(NC2CCOCC2)c1N. The van der Waals surface area contributed by atoms with Crippen molar-refractivity contribution in [2.75, 3.05) is 31.4 Å². The maximum absolute atomic E-state index is 12.7. The van der Waals surface area contributed by atoms with Gasteiger partial charge in [-0.15, -0.1) is 0 Å². The Labute approximate surface area is 248 Å². The first-order valence-corrected chi connectivity index (χ1v) is 16.1. The highest BCUT2D eigenvalue weighted by atomic mass is 28.4. The molecule has 0 atom stereocenters. The van der Waals surface area contributed by atoms with Crippen LogP contribution in [0.25, 0.3) is 11.4 Å². The van der Waals surface area contributed by atoms with Crippen LogP contribution in [0.2, 0.25) is 5.04 Å². The fourth-order valence-electron chi connectivity index (χ4n) is 5.52. The summed E-state index contributed by atoms with van der Waals surface area (Å²) in [5.74, 6) is 0.837. The van der Waals surface area contributed by atoms with Gasteiger partial charge in [-0.05, 0) is 40.4 Å². The molecule has 1 fully saturated rings. The maximum Gasteiger partial charge on any atom is 0.359 e. The lowest BCUT2D eigenvalue weighted by Gasteiger charge is -2.43. The van der Waals surface area contributed by atoms with Crippen molar-refractivity contribution in [2.45, 2.75) is 44.7 Å². The van der Waals surface area contributed by atoms with E-state index in [1.165, 1.54) is 17.5 Å². The second kappa shape index (κ2) is 12.3. The number of hydrogen-bond donors (Lipinski definition) is 2. The van der Waals surface area contributed by atoms with Gasteiger partial charge in [0.2, 0.25) is 0 Å². The Hall–Kier alpha value is -4.21. The average molecular weight is 583 g/mol. The molecule has 1 aromatic heterocycles. The van der Waals surface area contributed by atoms with Crippen molar-refractivity contribution in [3.8, 4) is 17.1 Å². The number of anilines is 2. The van der Waals surface area contributed by atoms with Crippen LogP contribution < -0.4 is 25.8 Å². The molecule has 1 aliphatic rings. The number of aromatic nitrogens is 2. The van der Waals surface area contributed by atoms with Crippen molar-refractivity contribution in [3.05, 3.63) is 90.6 Å². The summed E-state index contributed by atoms with van der Waals surface area (Å²) < 4.78 is 17.7. The van der Waals surface area contributed by atoms with E-state index in [1.54, 1.807) is 0 Å². The van der Waals surface area contributed by atoms with E-state index < -0.39 is 14.3 Å². The first kappa shape index (κ1) is 29.3. The monoisotopic (exact) mass is 582 g/mol. The number of esters is 1. The zero-order valence-corrected chi connectivity index (χ0v) is 25.6. The number of nitrogen functional groups attached to an aromatic ring is 1.